The number of rotatable bonds is 7. The highest BCUT2D eigenvalue weighted by Gasteiger charge is 1.94. The molecule has 0 saturated heterocycles. The molecule has 0 aromatic heterocycles. The molecule has 76 valence electrons. The van der Waals surface area contributed by atoms with Crippen LogP contribution in [0.4, 0.5) is 0 Å². The largest absolute Gasteiger partial charge is 0.344 e. The van der Waals surface area contributed by atoms with Gasteiger partial charge in [-0.3, -0.25) is 0 Å². The first kappa shape index (κ1) is 12.4. The van der Waals surface area contributed by atoms with Crippen LogP contribution in [0.15, 0.2) is 54.5 Å². The highest BCUT2D eigenvalue weighted by Crippen LogP contribution is 1.99. The molecule has 0 heterocycles. The van der Waals surface area contributed by atoms with Gasteiger partial charge in [0.05, 0.1) is 0 Å². The predicted octanol–water partition coefficient (Wildman–Crippen LogP) is 1.72. The SMILES string of the molecule is C=CC=NC(=C)N/C(=C/C=C)CCN. The second-order valence-corrected chi connectivity index (χ2v) is 2.55. The third-order valence-corrected chi connectivity index (χ3v) is 1.37. The van der Waals surface area contributed by atoms with Crippen LogP contribution < -0.4 is 11.1 Å². The molecule has 0 rings (SSSR count). The summed E-state index contributed by atoms with van der Waals surface area (Å²) in [5.41, 5.74) is 6.39. The third kappa shape index (κ3) is 5.97. The van der Waals surface area contributed by atoms with Crippen LogP contribution in [0.1, 0.15) is 6.42 Å². The van der Waals surface area contributed by atoms with Gasteiger partial charge in [0.15, 0.2) is 0 Å². The molecule has 0 unspecified atom stereocenters. The molecule has 3 N–H and O–H groups in total. The Labute approximate surface area is 85.4 Å². The first-order valence-electron chi connectivity index (χ1n) is 4.37. The molecule has 0 aliphatic carbocycles. The van der Waals surface area contributed by atoms with Crippen molar-refractivity contribution < 1.29 is 0 Å². The van der Waals surface area contributed by atoms with E-state index in [0.717, 1.165) is 12.1 Å². The maximum Gasteiger partial charge on any atom is 0.122 e. The second-order valence-electron chi connectivity index (χ2n) is 2.55. The molecule has 0 aromatic rings. The summed E-state index contributed by atoms with van der Waals surface area (Å²) >= 11 is 0. The normalized spacial score (nSPS) is 11.4. The zero-order chi connectivity index (χ0) is 10.8. The van der Waals surface area contributed by atoms with Crippen molar-refractivity contribution in [1.82, 2.24) is 5.32 Å². The average molecular weight is 191 g/mol. The molecule has 0 saturated carbocycles. The Bertz CT molecular complexity index is 262. The van der Waals surface area contributed by atoms with Gasteiger partial charge in [0, 0.05) is 11.9 Å². The fourth-order valence-corrected chi connectivity index (χ4v) is 0.846. The van der Waals surface area contributed by atoms with Crippen LogP contribution in [0.25, 0.3) is 0 Å². The van der Waals surface area contributed by atoms with E-state index in [-0.39, 0.29) is 0 Å². The topological polar surface area (TPSA) is 50.4 Å². The molecule has 0 aliphatic heterocycles. The van der Waals surface area contributed by atoms with Gasteiger partial charge in [0.1, 0.15) is 5.82 Å². The van der Waals surface area contributed by atoms with E-state index >= 15 is 0 Å². The Hall–Kier alpha value is -1.61. The Morgan fingerprint density at radius 3 is 2.57 bits per heavy atom. The lowest BCUT2D eigenvalue weighted by molar-refractivity contribution is 0.837. The highest BCUT2D eigenvalue weighted by atomic mass is 15.0. The molecule has 0 aliphatic rings. The number of hydrogen-bond donors (Lipinski definition) is 2. The first-order chi connectivity index (χ1) is 6.74. The Kier molecular flexibility index (Phi) is 7.09. The lowest BCUT2D eigenvalue weighted by Crippen LogP contribution is -2.14. The van der Waals surface area contributed by atoms with Gasteiger partial charge in [-0.2, -0.15) is 0 Å². The number of allylic oxidation sites excluding steroid dienone is 3. The van der Waals surface area contributed by atoms with Crippen LogP contribution in [0, 0.1) is 0 Å². The molecular formula is C11H17N3. The summed E-state index contributed by atoms with van der Waals surface area (Å²) in [5.74, 6) is 0.562. The summed E-state index contributed by atoms with van der Waals surface area (Å²) in [6, 6.07) is 0. The minimum absolute atomic E-state index is 0.562. The van der Waals surface area contributed by atoms with E-state index < -0.39 is 0 Å². The molecule has 0 radical (unpaired) electrons. The van der Waals surface area contributed by atoms with E-state index in [1.807, 2.05) is 6.08 Å². The molecule has 0 bridgehead atoms. The molecule has 0 spiro atoms. The van der Waals surface area contributed by atoms with E-state index in [1.54, 1.807) is 18.4 Å². The summed E-state index contributed by atoms with van der Waals surface area (Å²) in [7, 11) is 0. The number of nitrogens with two attached hydrogens (primary N) is 1. The van der Waals surface area contributed by atoms with Crippen LogP contribution in [0.3, 0.4) is 0 Å². The molecule has 0 amide bonds. The first-order valence-corrected chi connectivity index (χ1v) is 4.37. The van der Waals surface area contributed by atoms with Gasteiger partial charge in [-0.05, 0) is 19.0 Å². The molecule has 0 fully saturated rings. The van der Waals surface area contributed by atoms with E-state index in [0.29, 0.717) is 12.4 Å². The lowest BCUT2D eigenvalue weighted by Gasteiger charge is -2.08. The van der Waals surface area contributed by atoms with Gasteiger partial charge < -0.3 is 11.1 Å². The van der Waals surface area contributed by atoms with Crippen LogP contribution in [0.5, 0.6) is 0 Å². The standard InChI is InChI=1S/C11H17N3/c1-4-6-11(7-8-12)14-10(3)13-9-5-2/h4-6,9,14H,1-3,7-8,12H2/b11-6+,13-9?. The van der Waals surface area contributed by atoms with Gasteiger partial charge >= 0.3 is 0 Å². The van der Waals surface area contributed by atoms with Crippen molar-refractivity contribution in [1.29, 1.82) is 0 Å². The van der Waals surface area contributed by atoms with Crippen molar-refractivity contribution in [3.05, 3.63) is 49.5 Å². The van der Waals surface area contributed by atoms with E-state index in [1.165, 1.54) is 0 Å². The van der Waals surface area contributed by atoms with Gasteiger partial charge in [0.2, 0.25) is 0 Å². The number of hydrogen-bond acceptors (Lipinski definition) is 3. The Morgan fingerprint density at radius 2 is 2.07 bits per heavy atom. The number of nitrogens with one attached hydrogen (secondary N) is 1. The van der Waals surface area contributed by atoms with Crippen molar-refractivity contribution in [3.8, 4) is 0 Å². The molecule has 14 heavy (non-hydrogen) atoms. The van der Waals surface area contributed by atoms with Crippen molar-refractivity contribution in [2.45, 2.75) is 6.42 Å². The van der Waals surface area contributed by atoms with Crippen LogP contribution in [-0.2, 0) is 0 Å². The fourth-order valence-electron chi connectivity index (χ4n) is 0.846. The molecule has 0 aromatic carbocycles. The summed E-state index contributed by atoms with van der Waals surface area (Å²) in [5, 5.41) is 3.02. The van der Waals surface area contributed by atoms with Crippen molar-refractivity contribution >= 4 is 6.21 Å². The quantitative estimate of drug-likeness (QED) is 0.475. The van der Waals surface area contributed by atoms with E-state index in [2.05, 4.69) is 30.0 Å². The molecule has 3 nitrogen and oxygen atoms in total. The molecule has 0 atom stereocenters. The molecular weight excluding hydrogens is 174 g/mol. The van der Waals surface area contributed by atoms with E-state index in [4.69, 9.17) is 5.73 Å². The predicted molar refractivity (Wildman–Crippen MR) is 62.9 cm³/mol. The average Bonchev–Trinajstić information content (AvgIpc) is 2.15. The maximum absolute atomic E-state index is 5.44. The van der Waals surface area contributed by atoms with Gasteiger partial charge in [-0.25, -0.2) is 4.99 Å². The Morgan fingerprint density at radius 1 is 1.36 bits per heavy atom. The maximum atomic E-state index is 5.44. The van der Waals surface area contributed by atoms with Gasteiger partial charge in [0.25, 0.3) is 0 Å². The zero-order valence-electron chi connectivity index (χ0n) is 8.37. The Balaban J connectivity index is 4.22. The second kappa shape index (κ2) is 8.01. The summed E-state index contributed by atoms with van der Waals surface area (Å²) in [6.45, 7) is 11.4. The van der Waals surface area contributed by atoms with Crippen molar-refractivity contribution in [2.24, 2.45) is 10.7 Å². The summed E-state index contributed by atoms with van der Waals surface area (Å²) in [6.07, 6.45) is 7.45. The third-order valence-electron chi connectivity index (χ3n) is 1.37. The summed E-state index contributed by atoms with van der Waals surface area (Å²) < 4.78 is 0. The monoisotopic (exact) mass is 191 g/mol. The molecule has 3 heteroatoms. The van der Waals surface area contributed by atoms with Crippen molar-refractivity contribution in [3.63, 3.8) is 0 Å². The smallest absolute Gasteiger partial charge is 0.122 e. The summed E-state index contributed by atoms with van der Waals surface area (Å²) in [4.78, 5) is 3.98. The lowest BCUT2D eigenvalue weighted by atomic mass is 10.3. The van der Waals surface area contributed by atoms with Crippen molar-refractivity contribution in [2.75, 3.05) is 6.54 Å². The van der Waals surface area contributed by atoms with Gasteiger partial charge in [-0.15, -0.1) is 0 Å². The van der Waals surface area contributed by atoms with Crippen LogP contribution >= 0.6 is 0 Å². The van der Waals surface area contributed by atoms with Gasteiger partial charge in [-0.1, -0.05) is 31.9 Å². The highest BCUT2D eigenvalue weighted by molar-refractivity contribution is 5.71. The number of nitrogens with zero attached hydrogens (tertiary/aromatic N) is 1. The van der Waals surface area contributed by atoms with E-state index in [9.17, 15) is 0 Å². The minimum Gasteiger partial charge on any atom is -0.344 e. The minimum atomic E-state index is 0.562. The zero-order valence-corrected chi connectivity index (χ0v) is 8.37. The number of aliphatic imine (C=N–C) groups is 1. The fraction of sp³-hybridized carbons (Fsp3) is 0.182. The van der Waals surface area contributed by atoms with Crippen LogP contribution in [0.2, 0.25) is 0 Å². The van der Waals surface area contributed by atoms with Crippen LogP contribution in [-0.4, -0.2) is 12.8 Å².